The van der Waals surface area contributed by atoms with Crippen molar-refractivity contribution >= 4 is 28.5 Å². The molecule has 0 radical (unpaired) electrons. The molecule has 1 amide bonds. The Balaban J connectivity index is 1.63. The summed E-state index contributed by atoms with van der Waals surface area (Å²) >= 11 is 1.45. The lowest BCUT2D eigenvalue weighted by Crippen LogP contribution is -2.07. The Morgan fingerprint density at radius 3 is 3.00 bits per heavy atom. The lowest BCUT2D eigenvalue weighted by Gasteiger charge is -2.05. The zero-order valence-electron chi connectivity index (χ0n) is 12.3. The van der Waals surface area contributed by atoms with Gasteiger partial charge < -0.3 is 4.74 Å². The van der Waals surface area contributed by atoms with Crippen LogP contribution in [0, 0.1) is 0 Å². The Kier molecular flexibility index (Phi) is 4.48. The van der Waals surface area contributed by atoms with Crippen LogP contribution in [0.25, 0.3) is 6.08 Å². The van der Waals surface area contributed by atoms with Crippen molar-refractivity contribution < 1.29 is 9.53 Å². The standard InChI is InChI=1S/C16H17N3O2S/c1-2-21-13-6-4-3-5-11(13)9-10-14(20)17-16-19-18-15(22-16)12-7-8-12/h3-6,9-10,12H,2,7-8H2,1H3,(H,17,19,20)/b10-9+. The van der Waals surface area contributed by atoms with Crippen LogP contribution in [-0.4, -0.2) is 22.7 Å². The number of benzene rings is 1. The van der Waals surface area contributed by atoms with Crippen LogP contribution in [0.2, 0.25) is 0 Å². The van der Waals surface area contributed by atoms with Gasteiger partial charge in [0.2, 0.25) is 11.0 Å². The van der Waals surface area contributed by atoms with E-state index in [1.165, 1.54) is 30.3 Å². The van der Waals surface area contributed by atoms with Crippen LogP contribution in [0.4, 0.5) is 5.13 Å². The fourth-order valence-electron chi connectivity index (χ4n) is 2.00. The van der Waals surface area contributed by atoms with Gasteiger partial charge in [0.05, 0.1) is 6.61 Å². The summed E-state index contributed by atoms with van der Waals surface area (Å²) in [6.45, 7) is 2.52. The quantitative estimate of drug-likeness (QED) is 0.829. The van der Waals surface area contributed by atoms with E-state index in [1.54, 1.807) is 6.08 Å². The van der Waals surface area contributed by atoms with E-state index in [0.29, 0.717) is 17.7 Å². The molecule has 1 aliphatic carbocycles. The predicted molar refractivity (Wildman–Crippen MR) is 87.2 cm³/mol. The zero-order chi connectivity index (χ0) is 15.4. The van der Waals surface area contributed by atoms with Gasteiger partial charge in [0.15, 0.2) is 0 Å². The summed E-state index contributed by atoms with van der Waals surface area (Å²) in [5, 5.41) is 12.4. The Morgan fingerprint density at radius 1 is 1.41 bits per heavy atom. The second-order valence-electron chi connectivity index (χ2n) is 5.01. The van der Waals surface area contributed by atoms with Crippen LogP contribution in [0.5, 0.6) is 5.75 Å². The number of ether oxygens (including phenoxy) is 1. The third-order valence-electron chi connectivity index (χ3n) is 3.23. The van der Waals surface area contributed by atoms with E-state index in [9.17, 15) is 4.79 Å². The molecule has 0 spiro atoms. The second-order valence-corrected chi connectivity index (χ2v) is 6.02. The average molecular weight is 315 g/mol. The third kappa shape index (κ3) is 3.71. The first-order valence-electron chi connectivity index (χ1n) is 7.30. The number of aromatic nitrogens is 2. The molecule has 3 rings (SSSR count). The maximum absolute atomic E-state index is 11.9. The molecule has 1 aromatic carbocycles. The van der Waals surface area contributed by atoms with E-state index < -0.39 is 0 Å². The summed E-state index contributed by atoms with van der Waals surface area (Å²) in [7, 11) is 0. The summed E-state index contributed by atoms with van der Waals surface area (Å²) < 4.78 is 5.52. The van der Waals surface area contributed by atoms with Crippen LogP contribution in [-0.2, 0) is 4.79 Å². The normalized spacial score (nSPS) is 14.2. The summed E-state index contributed by atoms with van der Waals surface area (Å²) in [4.78, 5) is 11.9. The van der Waals surface area contributed by atoms with E-state index in [2.05, 4.69) is 15.5 Å². The molecule has 6 heteroatoms. The van der Waals surface area contributed by atoms with Gasteiger partial charge in [0.1, 0.15) is 10.8 Å². The highest BCUT2D eigenvalue weighted by Gasteiger charge is 2.27. The fraction of sp³-hybridized carbons (Fsp3) is 0.312. The first-order chi connectivity index (χ1) is 10.8. The summed E-state index contributed by atoms with van der Waals surface area (Å²) in [5.41, 5.74) is 0.871. The number of anilines is 1. The number of hydrogen-bond acceptors (Lipinski definition) is 5. The number of amides is 1. The molecular weight excluding hydrogens is 298 g/mol. The zero-order valence-corrected chi connectivity index (χ0v) is 13.1. The second kappa shape index (κ2) is 6.70. The van der Waals surface area contributed by atoms with Crippen molar-refractivity contribution in [3.05, 3.63) is 40.9 Å². The number of carbonyl (C=O) groups is 1. The van der Waals surface area contributed by atoms with E-state index in [4.69, 9.17) is 4.74 Å². The Labute approximate surface area is 133 Å². The molecule has 0 unspecified atom stereocenters. The van der Waals surface area contributed by atoms with Crippen molar-refractivity contribution in [2.24, 2.45) is 0 Å². The highest BCUT2D eigenvalue weighted by Crippen LogP contribution is 2.42. The lowest BCUT2D eigenvalue weighted by atomic mass is 10.2. The minimum atomic E-state index is -0.218. The van der Waals surface area contributed by atoms with Crippen LogP contribution in [0.1, 0.15) is 36.3 Å². The Morgan fingerprint density at radius 2 is 2.23 bits per heavy atom. The molecule has 0 saturated heterocycles. The van der Waals surface area contributed by atoms with E-state index >= 15 is 0 Å². The van der Waals surface area contributed by atoms with Crippen LogP contribution < -0.4 is 10.1 Å². The van der Waals surface area contributed by atoms with Gasteiger partial charge in [-0.15, -0.1) is 10.2 Å². The molecule has 1 fully saturated rings. The molecular formula is C16H17N3O2S. The molecule has 5 nitrogen and oxygen atoms in total. The minimum absolute atomic E-state index is 0.218. The topological polar surface area (TPSA) is 64.1 Å². The van der Waals surface area contributed by atoms with Crippen molar-refractivity contribution in [1.82, 2.24) is 10.2 Å². The van der Waals surface area contributed by atoms with Crippen molar-refractivity contribution in [3.63, 3.8) is 0 Å². The highest BCUT2D eigenvalue weighted by atomic mass is 32.1. The number of nitrogens with one attached hydrogen (secondary N) is 1. The van der Waals surface area contributed by atoms with Gasteiger partial charge in [0.25, 0.3) is 0 Å². The Bertz CT molecular complexity index is 692. The third-order valence-corrected chi connectivity index (χ3v) is 4.23. The van der Waals surface area contributed by atoms with Crippen molar-refractivity contribution in [2.75, 3.05) is 11.9 Å². The fourth-order valence-corrected chi connectivity index (χ4v) is 2.91. The molecule has 22 heavy (non-hydrogen) atoms. The SMILES string of the molecule is CCOc1ccccc1/C=C/C(=O)Nc1nnc(C2CC2)s1. The number of hydrogen-bond donors (Lipinski definition) is 1. The van der Waals surface area contributed by atoms with Crippen LogP contribution in [0.15, 0.2) is 30.3 Å². The predicted octanol–water partition coefficient (Wildman–Crippen LogP) is 3.47. The van der Waals surface area contributed by atoms with Gasteiger partial charge in [-0.3, -0.25) is 10.1 Å². The smallest absolute Gasteiger partial charge is 0.250 e. The van der Waals surface area contributed by atoms with Gasteiger partial charge >= 0.3 is 0 Å². The number of rotatable bonds is 6. The molecule has 1 aliphatic rings. The van der Waals surface area contributed by atoms with E-state index in [1.807, 2.05) is 31.2 Å². The molecule has 114 valence electrons. The number of nitrogens with zero attached hydrogens (tertiary/aromatic N) is 2. The maximum Gasteiger partial charge on any atom is 0.250 e. The maximum atomic E-state index is 11.9. The van der Waals surface area contributed by atoms with Gasteiger partial charge in [-0.2, -0.15) is 0 Å². The first kappa shape index (κ1) is 14.7. The lowest BCUT2D eigenvalue weighted by molar-refractivity contribution is -0.111. The molecule has 1 aromatic heterocycles. The van der Waals surface area contributed by atoms with Crippen LogP contribution >= 0.6 is 11.3 Å². The first-order valence-corrected chi connectivity index (χ1v) is 8.12. The van der Waals surface area contributed by atoms with Gasteiger partial charge in [-0.05, 0) is 31.9 Å². The Hall–Kier alpha value is -2.21. The highest BCUT2D eigenvalue weighted by molar-refractivity contribution is 7.15. The largest absolute Gasteiger partial charge is 0.493 e. The molecule has 1 N–H and O–H groups in total. The van der Waals surface area contributed by atoms with Crippen LogP contribution in [0.3, 0.4) is 0 Å². The summed E-state index contributed by atoms with van der Waals surface area (Å²) in [6.07, 6.45) is 5.58. The van der Waals surface area contributed by atoms with Gasteiger partial charge in [0, 0.05) is 17.6 Å². The summed E-state index contributed by atoms with van der Waals surface area (Å²) in [5.74, 6) is 1.10. The molecule has 1 saturated carbocycles. The van der Waals surface area contributed by atoms with E-state index in [0.717, 1.165) is 16.3 Å². The number of carbonyl (C=O) groups excluding carboxylic acids is 1. The molecule has 0 atom stereocenters. The molecule has 0 bridgehead atoms. The van der Waals surface area contributed by atoms with Crippen molar-refractivity contribution in [3.8, 4) is 5.75 Å². The van der Waals surface area contributed by atoms with Gasteiger partial charge in [-0.25, -0.2) is 0 Å². The monoisotopic (exact) mass is 315 g/mol. The summed E-state index contributed by atoms with van der Waals surface area (Å²) in [6, 6.07) is 7.61. The van der Waals surface area contributed by atoms with Crippen molar-refractivity contribution in [2.45, 2.75) is 25.7 Å². The minimum Gasteiger partial charge on any atom is -0.493 e. The molecule has 1 heterocycles. The average Bonchev–Trinajstić information content (AvgIpc) is 3.27. The van der Waals surface area contributed by atoms with E-state index in [-0.39, 0.29) is 5.91 Å². The molecule has 0 aliphatic heterocycles. The number of para-hydroxylation sites is 1. The molecule has 2 aromatic rings. The van der Waals surface area contributed by atoms with Crippen molar-refractivity contribution in [1.29, 1.82) is 0 Å². The van der Waals surface area contributed by atoms with Gasteiger partial charge in [-0.1, -0.05) is 29.5 Å².